The van der Waals surface area contributed by atoms with Crippen molar-refractivity contribution in [3.63, 3.8) is 0 Å². The number of nitrogens with one attached hydrogen (secondary N) is 1. The average Bonchev–Trinajstić information content (AvgIpc) is 3.41. The molecule has 1 aliphatic heterocycles. The molecule has 8 heteroatoms. The van der Waals surface area contributed by atoms with Crippen LogP contribution >= 0.6 is 11.3 Å². The lowest BCUT2D eigenvalue weighted by Gasteiger charge is -2.16. The predicted molar refractivity (Wildman–Crippen MR) is 126 cm³/mol. The van der Waals surface area contributed by atoms with Gasteiger partial charge in [-0.15, -0.1) is 11.3 Å². The van der Waals surface area contributed by atoms with Crippen LogP contribution in [0.4, 0.5) is 5.13 Å². The van der Waals surface area contributed by atoms with E-state index in [1.54, 1.807) is 12.4 Å². The van der Waals surface area contributed by atoms with Crippen molar-refractivity contribution in [2.75, 3.05) is 5.32 Å². The minimum atomic E-state index is -0.168. The van der Waals surface area contributed by atoms with E-state index >= 15 is 0 Å². The van der Waals surface area contributed by atoms with Crippen molar-refractivity contribution in [1.82, 2.24) is 19.7 Å². The van der Waals surface area contributed by atoms with Crippen LogP contribution < -0.4 is 10.1 Å². The van der Waals surface area contributed by atoms with E-state index < -0.39 is 0 Å². The quantitative estimate of drug-likeness (QED) is 0.436. The largest absolute Gasteiger partial charge is 0.472 e. The minimum absolute atomic E-state index is 0.168. The Morgan fingerprint density at radius 2 is 2.12 bits per heavy atom. The molecule has 0 saturated heterocycles. The molecule has 0 aliphatic carbocycles. The van der Waals surface area contributed by atoms with Crippen molar-refractivity contribution >= 4 is 38.9 Å². The van der Waals surface area contributed by atoms with E-state index in [1.165, 1.54) is 11.3 Å². The summed E-state index contributed by atoms with van der Waals surface area (Å²) < 4.78 is 8.10. The third-order valence-electron chi connectivity index (χ3n) is 5.57. The SMILES string of the molecule is CC/C(C(=O)Nc1nccs1)=C1\c2cc3cnn(C(C)C)c3cc2COc2ncccc21. The maximum absolute atomic E-state index is 13.3. The number of hydrogen-bond acceptors (Lipinski definition) is 6. The Labute approximate surface area is 189 Å². The lowest BCUT2D eigenvalue weighted by atomic mass is 9.89. The first-order valence-corrected chi connectivity index (χ1v) is 11.5. The molecule has 1 aromatic carbocycles. The highest BCUT2D eigenvalue weighted by atomic mass is 32.1. The van der Waals surface area contributed by atoms with Crippen LogP contribution in [0.5, 0.6) is 5.88 Å². The van der Waals surface area contributed by atoms with Crippen LogP contribution in [0.1, 0.15) is 49.9 Å². The van der Waals surface area contributed by atoms with Gasteiger partial charge in [-0.25, -0.2) is 9.97 Å². The van der Waals surface area contributed by atoms with Crippen LogP contribution in [0.25, 0.3) is 16.5 Å². The number of rotatable bonds is 4. The molecule has 0 saturated carbocycles. The number of nitrogens with zero attached hydrogens (tertiary/aromatic N) is 4. The van der Waals surface area contributed by atoms with Gasteiger partial charge in [-0.1, -0.05) is 6.92 Å². The Morgan fingerprint density at radius 1 is 1.25 bits per heavy atom. The number of amides is 1. The smallest absolute Gasteiger partial charge is 0.254 e. The summed E-state index contributed by atoms with van der Waals surface area (Å²) in [5, 5.41) is 11.0. The fourth-order valence-electron chi connectivity index (χ4n) is 4.12. The summed E-state index contributed by atoms with van der Waals surface area (Å²) in [6, 6.07) is 8.30. The Balaban J connectivity index is 1.76. The number of hydrogen-bond donors (Lipinski definition) is 1. The van der Waals surface area contributed by atoms with Gasteiger partial charge in [-0.05, 0) is 55.7 Å². The van der Waals surface area contributed by atoms with Crippen molar-refractivity contribution in [3.8, 4) is 5.88 Å². The summed E-state index contributed by atoms with van der Waals surface area (Å²) >= 11 is 1.39. The van der Waals surface area contributed by atoms with E-state index in [4.69, 9.17) is 4.74 Å². The zero-order chi connectivity index (χ0) is 22.2. The zero-order valence-corrected chi connectivity index (χ0v) is 18.9. The fraction of sp³-hybridized carbons (Fsp3) is 0.250. The lowest BCUT2D eigenvalue weighted by molar-refractivity contribution is -0.112. The van der Waals surface area contributed by atoms with Gasteiger partial charge in [0.05, 0.1) is 11.7 Å². The van der Waals surface area contributed by atoms with Crippen LogP contribution in [-0.4, -0.2) is 25.7 Å². The molecule has 4 heterocycles. The Kier molecular flexibility index (Phi) is 5.22. The molecule has 0 bridgehead atoms. The third kappa shape index (κ3) is 3.46. The van der Waals surface area contributed by atoms with Crippen molar-refractivity contribution < 1.29 is 9.53 Å². The maximum atomic E-state index is 13.3. The summed E-state index contributed by atoms with van der Waals surface area (Å²) in [5.74, 6) is 0.360. The standard InChI is InChI=1S/C24H23N5O2S/c1-4-17(22(30)28-24-26-8-9-32-24)21-18-6-5-7-25-23(18)31-13-16-11-20-15(10-19(16)21)12-27-29(20)14(2)3/h5-12,14H,4,13H2,1-3H3,(H,26,28,30)/b21-17+. The molecular weight excluding hydrogens is 422 g/mol. The van der Waals surface area contributed by atoms with Gasteiger partial charge in [0.2, 0.25) is 5.88 Å². The molecular formula is C24H23N5O2S. The van der Waals surface area contributed by atoms with Gasteiger partial charge < -0.3 is 4.74 Å². The third-order valence-corrected chi connectivity index (χ3v) is 6.25. The van der Waals surface area contributed by atoms with Gasteiger partial charge in [-0.3, -0.25) is 14.8 Å². The summed E-state index contributed by atoms with van der Waals surface area (Å²) in [6.07, 6.45) is 5.81. The second-order valence-electron chi connectivity index (χ2n) is 7.89. The van der Waals surface area contributed by atoms with Crippen LogP contribution in [0, 0.1) is 0 Å². The van der Waals surface area contributed by atoms with Gasteiger partial charge in [0, 0.05) is 45.9 Å². The fourth-order valence-corrected chi connectivity index (χ4v) is 4.65. The molecule has 5 rings (SSSR count). The van der Waals surface area contributed by atoms with Gasteiger partial charge in [-0.2, -0.15) is 5.10 Å². The monoisotopic (exact) mass is 445 g/mol. The van der Waals surface area contributed by atoms with Crippen LogP contribution in [-0.2, 0) is 11.4 Å². The molecule has 0 spiro atoms. The van der Waals surface area contributed by atoms with E-state index in [0.717, 1.165) is 33.2 Å². The number of thiazole rings is 1. The predicted octanol–water partition coefficient (Wildman–Crippen LogP) is 5.21. The summed E-state index contributed by atoms with van der Waals surface area (Å²) in [4.78, 5) is 22.0. The summed E-state index contributed by atoms with van der Waals surface area (Å²) in [5.41, 5.74) is 5.34. The number of benzene rings is 1. The molecule has 32 heavy (non-hydrogen) atoms. The molecule has 4 aromatic rings. The molecule has 162 valence electrons. The first kappa shape index (κ1) is 20.4. The van der Waals surface area contributed by atoms with Gasteiger partial charge in [0.25, 0.3) is 5.91 Å². The minimum Gasteiger partial charge on any atom is -0.472 e. The van der Waals surface area contributed by atoms with E-state index in [2.05, 4.69) is 46.4 Å². The number of carbonyl (C=O) groups is 1. The molecule has 0 fully saturated rings. The number of ether oxygens (including phenoxy) is 1. The van der Waals surface area contributed by atoms with Gasteiger partial charge in [0.15, 0.2) is 5.13 Å². The van der Waals surface area contributed by atoms with E-state index in [-0.39, 0.29) is 11.9 Å². The highest BCUT2D eigenvalue weighted by Gasteiger charge is 2.27. The van der Waals surface area contributed by atoms with Crippen molar-refractivity contribution in [2.24, 2.45) is 0 Å². The molecule has 0 radical (unpaired) electrons. The van der Waals surface area contributed by atoms with Crippen molar-refractivity contribution in [1.29, 1.82) is 0 Å². The van der Waals surface area contributed by atoms with Gasteiger partial charge >= 0.3 is 0 Å². The zero-order valence-electron chi connectivity index (χ0n) is 18.1. The first-order chi connectivity index (χ1) is 15.6. The van der Waals surface area contributed by atoms with Crippen LogP contribution in [0.2, 0.25) is 0 Å². The number of carbonyl (C=O) groups excluding carboxylic acids is 1. The molecule has 1 aliphatic rings. The molecule has 0 atom stereocenters. The molecule has 7 nitrogen and oxygen atoms in total. The first-order valence-electron chi connectivity index (χ1n) is 10.6. The molecule has 1 N–H and O–H groups in total. The maximum Gasteiger partial charge on any atom is 0.254 e. The number of anilines is 1. The lowest BCUT2D eigenvalue weighted by Crippen LogP contribution is -2.16. The second kappa shape index (κ2) is 8.20. The van der Waals surface area contributed by atoms with Gasteiger partial charge in [0.1, 0.15) is 6.61 Å². The number of aromatic nitrogens is 4. The molecule has 3 aromatic heterocycles. The molecule has 1 amide bonds. The Hall–Kier alpha value is -3.52. The summed E-state index contributed by atoms with van der Waals surface area (Å²) in [6.45, 7) is 6.57. The number of pyridine rings is 1. The Morgan fingerprint density at radius 3 is 2.88 bits per heavy atom. The van der Waals surface area contributed by atoms with Crippen molar-refractivity contribution in [3.05, 3.63) is 70.5 Å². The highest BCUT2D eigenvalue weighted by molar-refractivity contribution is 7.13. The Bertz CT molecular complexity index is 1340. The van der Waals surface area contributed by atoms with Crippen LogP contribution in [0.15, 0.2) is 53.8 Å². The molecule has 0 unspecified atom stereocenters. The second-order valence-corrected chi connectivity index (χ2v) is 8.79. The van der Waals surface area contributed by atoms with E-state index in [0.29, 0.717) is 29.6 Å². The average molecular weight is 446 g/mol. The van der Waals surface area contributed by atoms with E-state index in [9.17, 15) is 4.79 Å². The van der Waals surface area contributed by atoms with E-state index in [1.807, 2.05) is 35.3 Å². The number of fused-ring (bicyclic) bond motifs is 3. The normalized spacial score (nSPS) is 14.5. The van der Waals surface area contributed by atoms with Crippen LogP contribution in [0.3, 0.4) is 0 Å². The van der Waals surface area contributed by atoms with Crippen molar-refractivity contribution in [2.45, 2.75) is 39.8 Å². The highest BCUT2D eigenvalue weighted by Crippen LogP contribution is 2.40. The summed E-state index contributed by atoms with van der Waals surface area (Å²) in [7, 11) is 0. The topological polar surface area (TPSA) is 81.9 Å².